The van der Waals surface area contributed by atoms with E-state index in [1.165, 1.54) is 12.1 Å². The molecule has 44 heavy (non-hydrogen) atoms. The monoisotopic (exact) mass is 583 g/mol. The van der Waals surface area contributed by atoms with Crippen LogP contribution in [0.25, 0.3) is 33.2 Å². The van der Waals surface area contributed by atoms with Crippen LogP contribution >= 0.6 is 0 Å². The number of nitro benzene ring substituents is 1. The maximum Gasteiger partial charge on any atom is 0.345 e. The number of carbonyl (C=O) groups excluding carboxylic acids is 1. The molecule has 0 spiro atoms. The predicted octanol–water partition coefficient (Wildman–Crippen LogP) is 7.98. The summed E-state index contributed by atoms with van der Waals surface area (Å²) < 4.78 is 11.7. The van der Waals surface area contributed by atoms with Crippen LogP contribution in [0.5, 0.6) is 5.75 Å². The minimum atomic E-state index is -1.31. The van der Waals surface area contributed by atoms with E-state index in [9.17, 15) is 24.8 Å². The fraction of sp³-hybridized carbons (Fsp3) is 0.0556. The minimum Gasteiger partial charge on any atom is -0.478 e. The van der Waals surface area contributed by atoms with Crippen LogP contribution in [0.3, 0.4) is 0 Å². The van der Waals surface area contributed by atoms with Gasteiger partial charge < -0.3 is 14.3 Å². The van der Waals surface area contributed by atoms with E-state index in [-0.39, 0.29) is 29.4 Å². The first kappa shape index (κ1) is 28.1. The summed E-state index contributed by atoms with van der Waals surface area (Å²) in [4.78, 5) is 36.8. The molecule has 1 N–H and O–H groups in total. The highest BCUT2D eigenvalue weighted by atomic mass is 16.6. The van der Waals surface area contributed by atoms with Crippen molar-refractivity contribution < 1.29 is 28.8 Å². The molecule has 0 saturated carbocycles. The highest BCUT2D eigenvalue weighted by molar-refractivity contribution is 6.15. The van der Waals surface area contributed by atoms with Gasteiger partial charge in [-0.15, -0.1) is 0 Å². The van der Waals surface area contributed by atoms with Gasteiger partial charge in [-0.1, -0.05) is 109 Å². The zero-order valence-corrected chi connectivity index (χ0v) is 23.3. The smallest absolute Gasteiger partial charge is 0.345 e. The number of nitro groups is 1. The van der Waals surface area contributed by atoms with Crippen molar-refractivity contribution in [3.05, 3.63) is 154 Å². The third-order valence-electron chi connectivity index (χ3n) is 7.31. The molecular formula is C36H25NO7. The summed E-state index contributed by atoms with van der Waals surface area (Å²) in [6, 6.07) is 37.0. The molecular weight excluding hydrogens is 558 g/mol. The Hall–Kier alpha value is -6.02. The van der Waals surface area contributed by atoms with Crippen molar-refractivity contribution in [1.82, 2.24) is 0 Å². The van der Waals surface area contributed by atoms with E-state index in [0.717, 1.165) is 16.5 Å². The van der Waals surface area contributed by atoms with E-state index in [1.54, 1.807) is 54.6 Å². The topological polar surface area (TPSA) is 120 Å². The normalized spacial score (nSPS) is 11.6. The fourth-order valence-corrected chi connectivity index (χ4v) is 5.14. The molecule has 216 valence electrons. The number of fused-ring (bicyclic) bond motifs is 1. The molecule has 8 heteroatoms. The first-order valence-electron chi connectivity index (χ1n) is 13.8. The molecule has 1 atom stereocenters. The van der Waals surface area contributed by atoms with E-state index in [2.05, 4.69) is 0 Å². The summed E-state index contributed by atoms with van der Waals surface area (Å²) in [7, 11) is 0. The average Bonchev–Trinajstić information content (AvgIpc) is 3.45. The SMILES string of the molecule is O=C(c1ccccc1)c1oc2ccccc2c1-c1ccc(-c2ccc(O[C@H](Cc3ccccc3)C(=O)O)c([N+](=O)[O-])c2)cc1. The van der Waals surface area contributed by atoms with Gasteiger partial charge in [0.15, 0.2) is 17.6 Å². The zero-order valence-electron chi connectivity index (χ0n) is 23.3. The second kappa shape index (κ2) is 12.1. The van der Waals surface area contributed by atoms with Crippen LogP contribution in [0.2, 0.25) is 0 Å². The largest absolute Gasteiger partial charge is 0.478 e. The minimum absolute atomic E-state index is 0.0496. The lowest BCUT2D eigenvalue weighted by Crippen LogP contribution is -2.29. The zero-order chi connectivity index (χ0) is 30.6. The molecule has 0 aliphatic heterocycles. The average molecular weight is 584 g/mol. The Labute approximate surface area is 251 Å². The van der Waals surface area contributed by atoms with Crippen LogP contribution in [-0.2, 0) is 11.2 Å². The van der Waals surface area contributed by atoms with Gasteiger partial charge >= 0.3 is 11.7 Å². The summed E-state index contributed by atoms with van der Waals surface area (Å²) in [6.45, 7) is 0. The van der Waals surface area contributed by atoms with Gasteiger partial charge in [-0.3, -0.25) is 14.9 Å². The second-order valence-corrected chi connectivity index (χ2v) is 10.1. The number of furan rings is 1. The lowest BCUT2D eigenvalue weighted by atomic mass is 9.96. The summed E-state index contributed by atoms with van der Waals surface area (Å²) in [6.07, 6.45) is -1.26. The number of carboxylic acid groups (broad SMARTS) is 1. The Morgan fingerprint density at radius 3 is 2.07 bits per heavy atom. The molecule has 5 aromatic carbocycles. The van der Waals surface area contributed by atoms with E-state index < -0.39 is 17.0 Å². The summed E-state index contributed by atoms with van der Waals surface area (Å²) >= 11 is 0. The molecule has 0 unspecified atom stereocenters. The number of nitrogens with zero attached hydrogens (tertiary/aromatic N) is 1. The van der Waals surface area contributed by atoms with Gasteiger partial charge in [0.05, 0.1) is 4.92 Å². The van der Waals surface area contributed by atoms with E-state index in [4.69, 9.17) is 9.15 Å². The van der Waals surface area contributed by atoms with Crippen molar-refractivity contribution in [3.63, 3.8) is 0 Å². The number of para-hydroxylation sites is 1. The summed E-state index contributed by atoms with van der Waals surface area (Å²) in [5.74, 6) is -1.36. The molecule has 0 radical (unpaired) electrons. The number of rotatable bonds is 10. The molecule has 0 aliphatic rings. The summed E-state index contributed by atoms with van der Waals surface area (Å²) in [5.41, 5.74) is 4.12. The Morgan fingerprint density at radius 1 is 0.773 bits per heavy atom. The number of ether oxygens (including phenoxy) is 1. The molecule has 1 aromatic heterocycles. The van der Waals surface area contributed by atoms with Crippen molar-refractivity contribution >= 4 is 28.4 Å². The first-order chi connectivity index (χ1) is 21.4. The Morgan fingerprint density at radius 2 is 1.39 bits per heavy atom. The molecule has 0 bridgehead atoms. The van der Waals surface area contributed by atoms with Gasteiger partial charge in [0.1, 0.15) is 5.58 Å². The third kappa shape index (κ3) is 5.69. The van der Waals surface area contributed by atoms with E-state index >= 15 is 0 Å². The Kier molecular flexibility index (Phi) is 7.71. The first-order valence-corrected chi connectivity index (χ1v) is 13.8. The number of carboxylic acids is 1. The number of ketones is 1. The quantitative estimate of drug-likeness (QED) is 0.0986. The van der Waals surface area contributed by atoms with Crippen molar-refractivity contribution in [2.75, 3.05) is 0 Å². The van der Waals surface area contributed by atoms with Crippen LogP contribution in [-0.4, -0.2) is 27.9 Å². The van der Waals surface area contributed by atoms with Crippen molar-refractivity contribution in [1.29, 1.82) is 0 Å². The second-order valence-electron chi connectivity index (χ2n) is 10.1. The van der Waals surface area contributed by atoms with E-state index in [0.29, 0.717) is 27.8 Å². The fourth-order valence-electron chi connectivity index (χ4n) is 5.14. The van der Waals surface area contributed by atoms with Gasteiger partial charge in [0.25, 0.3) is 0 Å². The molecule has 0 saturated heterocycles. The molecule has 0 aliphatic carbocycles. The molecule has 0 fully saturated rings. The van der Waals surface area contributed by atoms with Gasteiger partial charge in [-0.2, -0.15) is 0 Å². The van der Waals surface area contributed by atoms with E-state index in [1.807, 2.05) is 60.7 Å². The lowest BCUT2D eigenvalue weighted by Gasteiger charge is -2.16. The summed E-state index contributed by atoms with van der Waals surface area (Å²) in [5, 5.41) is 22.5. The third-order valence-corrected chi connectivity index (χ3v) is 7.31. The van der Waals surface area contributed by atoms with Crippen LogP contribution in [0.4, 0.5) is 5.69 Å². The maximum atomic E-state index is 13.4. The molecule has 6 aromatic rings. The molecule has 8 nitrogen and oxygen atoms in total. The number of aliphatic carboxylic acids is 1. The van der Waals surface area contributed by atoms with Gasteiger partial charge in [-0.25, -0.2) is 4.79 Å². The number of benzene rings is 5. The number of hydrogen-bond acceptors (Lipinski definition) is 6. The van der Waals surface area contributed by atoms with Gasteiger partial charge in [0, 0.05) is 29.0 Å². The van der Waals surface area contributed by atoms with Crippen molar-refractivity contribution in [2.45, 2.75) is 12.5 Å². The van der Waals surface area contributed by atoms with Crippen LogP contribution < -0.4 is 4.74 Å². The lowest BCUT2D eigenvalue weighted by molar-refractivity contribution is -0.386. The van der Waals surface area contributed by atoms with Crippen LogP contribution in [0.15, 0.2) is 132 Å². The highest BCUT2D eigenvalue weighted by Gasteiger charge is 2.26. The maximum absolute atomic E-state index is 13.4. The standard InChI is InChI=1S/C36H25NO7/c38-34(26-11-5-2-6-12-26)35-33(28-13-7-8-14-30(28)44-35)25-17-15-24(16-18-25)27-19-20-31(29(22-27)37(41)42)43-32(36(39)40)21-23-9-3-1-4-10-23/h1-20,22,32H,21H2,(H,39,40)/t32-/m1/s1. The van der Waals surface area contributed by atoms with Crippen LogP contribution in [0, 0.1) is 10.1 Å². The van der Waals surface area contributed by atoms with Gasteiger partial charge in [0.2, 0.25) is 5.78 Å². The predicted molar refractivity (Wildman–Crippen MR) is 166 cm³/mol. The highest BCUT2D eigenvalue weighted by Crippen LogP contribution is 2.38. The Balaban J connectivity index is 1.32. The molecule has 0 amide bonds. The van der Waals surface area contributed by atoms with Crippen LogP contribution in [0.1, 0.15) is 21.7 Å². The molecule has 1 heterocycles. The number of carbonyl (C=O) groups is 2. The molecule has 6 rings (SSSR count). The van der Waals surface area contributed by atoms with Crippen molar-refractivity contribution in [2.24, 2.45) is 0 Å². The number of hydrogen-bond donors (Lipinski definition) is 1. The Bertz CT molecular complexity index is 1980. The van der Waals surface area contributed by atoms with Gasteiger partial charge in [-0.05, 0) is 34.4 Å². The van der Waals surface area contributed by atoms with Crippen molar-refractivity contribution in [3.8, 4) is 28.0 Å².